The number of hydrogen-bond donors (Lipinski definition) is 2. The van der Waals surface area contributed by atoms with Gasteiger partial charge in [0.2, 0.25) is 5.91 Å². The fourth-order valence-electron chi connectivity index (χ4n) is 3.30. The van der Waals surface area contributed by atoms with E-state index < -0.39 is 0 Å². The van der Waals surface area contributed by atoms with Crippen LogP contribution in [-0.4, -0.2) is 25.7 Å². The van der Waals surface area contributed by atoms with Crippen LogP contribution in [0.4, 0.5) is 0 Å². The van der Waals surface area contributed by atoms with Gasteiger partial charge in [-0.15, -0.1) is 0 Å². The SMILES string of the molecule is NC[C@H]1CCC[C@H]1C(=O)NCc1ccc2c(c1)OCCCO2. The minimum atomic E-state index is 0.0745. The summed E-state index contributed by atoms with van der Waals surface area (Å²) < 4.78 is 11.3. The lowest BCUT2D eigenvalue weighted by molar-refractivity contribution is -0.126. The van der Waals surface area contributed by atoms with Crippen molar-refractivity contribution in [2.24, 2.45) is 17.6 Å². The number of benzene rings is 1. The molecule has 0 spiro atoms. The lowest BCUT2D eigenvalue weighted by atomic mass is 9.95. The number of nitrogens with two attached hydrogens (primary N) is 1. The van der Waals surface area contributed by atoms with Crippen LogP contribution in [0.5, 0.6) is 11.5 Å². The molecule has 0 unspecified atom stereocenters. The Balaban J connectivity index is 1.59. The van der Waals surface area contributed by atoms with Gasteiger partial charge in [-0.1, -0.05) is 12.5 Å². The van der Waals surface area contributed by atoms with Crippen LogP contribution in [0.25, 0.3) is 0 Å². The maximum Gasteiger partial charge on any atom is 0.223 e. The van der Waals surface area contributed by atoms with Gasteiger partial charge >= 0.3 is 0 Å². The van der Waals surface area contributed by atoms with E-state index in [0.717, 1.165) is 42.7 Å². The fraction of sp³-hybridized carbons (Fsp3) is 0.588. The molecule has 0 bridgehead atoms. The normalized spacial score (nSPS) is 23.9. The van der Waals surface area contributed by atoms with Gasteiger partial charge in [-0.3, -0.25) is 4.79 Å². The maximum absolute atomic E-state index is 12.3. The third-order valence-electron chi connectivity index (χ3n) is 4.58. The molecule has 3 rings (SSSR count). The highest BCUT2D eigenvalue weighted by Gasteiger charge is 2.31. The van der Waals surface area contributed by atoms with E-state index in [-0.39, 0.29) is 11.8 Å². The van der Waals surface area contributed by atoms with Gasteiger partial charge in [0.15, 0.2) is 11.5 Å². The summed E-state index contributed by atoms with van der Waals surface area (Å²) >= 11 is 0. The lowest BCUT2D eigenvalue weighted by Crippen LogP contribution is -2.34. The van der Waals surface area contributed by atoms with Crippen molar-refractivity contribution in [2.75, 3.05) is 19.8 Å². The molecule has 5 heteroatoms. The van der Waals surface area contributed by atoms with Crippen LogP contribution in [0.3, 0.4) is 0 Å². The van der Waals surface area contributed by atoms with Gasteiger partial charge in [-0.25, -0.2) is 0 Å². The summed E-state index contributed by atoms with van der Waals surface area (Å²) in [7, 11) is 0. The number of nitrogens with one attached hydrogen (secondary N) is 1. The second-order valence-corrected chi connectivity index (χ2v) is 6.08. The number of carbonyl (C=O) groups is 1. The van der Waals surface area contributed by atoms with Crippen molar-refractivity contribution in [3.63, 3.8) is 0 Å². The number of fused-ring (bicyclic) bond motifs is 1. The molecule has 3 N–H and O–H groups in total. The van der Waals surface area contributed by atoms with E-state index in [1.807, 2.05) is 18.2 Å². The Kier molecular flexibility index (Phi) is 4.83. The van der Waals surface area contributed by atoms with Crippen molar-refractivity contribution in [1.82, 2.24) is 5.32 Å². The average Bonchev–Trinajstić information content (AvgIpc) is 2.90. The number of ether oxygens (including phenoxy) is 2. The van der Waals surface area contributed by atoms with Crippen LogP contribution in [0.1, 0.15) is 31.2 Å². The van der Waals surface area contributed by atoms with E-state index in [1.54, 1.807) is 0 Å². The maximum atomic E-state index is 12.3. The highest BCUT2D eigenvalue weighted by Crippen LogP contribution is 2.32. The van der Waals surface area contributed by atoms with Crippen molar-refractivity contribution in [1.29, 1.82) is 0 Å². The molecular formula is C17H24N2O3. The summed E-state index contributed by atoms with van der Waals surface area (Å²) in [5.74, 6) is 2.09. The average molecular weight is 304 g/mol. The molecule has 1 aromatic carbocycles. The molecule has 2 atom stereocenters. The Labute approximate surface area is 131 Å². The van der Waals surface area contributed by atoms with E-state index >= 15 is 0 Å². The van der Waals surface area contributed by atoms with Gasteiger partial charge in [0.1, 0.15) is 0 Å². The summed E-state index contributed by atoms with van der Waals surface area (Å²) in [5, 5.41) is 3.04. The van der Waals surface area contributed by atoms with Crippen LogP contribution in [0.15, 0.2) is 18.2 Å². The van der Waals surface area contributed by atoms with E-state index in [0.29, 0.717) is 32.2 Å². The number of carbonyl (C=O) groups excluding carboxylic acids is 1. The first-order chi connectivity index (χ1) is 10.8. The van der Waals surface area contributed by atoms with Gasteiger partial charge in [-0.05, 0) is 43.0 Å². The zero-order valence-corrected chi connectivity index (χ0v) is 12.8. The third kappa shape index (κ3) is 3.35. The molecule has 120 valence electrons. The molecule has 0 saturated heterocycles. The molecule has 1 aliphatic carbocycles. The van der Waals surface area contributed by atoms with Gasteiger partial charge in [0, 0.05) is 18.9 Å². The van der Waals surface area contributed by atoms with Gasteiger partial charge in [0.05, 0.1) is 13.2 Å². The van der Waals surface area contributed by atoms with E-state index in [4.69, 9.17) is 15.2 Å². The monoisotopic (exact) mass is 304 g/mol. The van der Waals surface area contributed by atoms with Gasteiger partial charge in [-0.2, -0.15) is 0 Å². The first-order valence-electron chi connectivity index (χ1n) is 8.14. The predicted molar refractivity (Wildman–Crippen MR) is 83.8 cm³/mol. The largest absolute Gasteiger partial charge is 0.490 e. The zero-order chi connectivity index (χ0) is 15.4. The molecule has 1 aliphatic heterocycles. The highest BCUT2D eigenvalue weighted by atomic mass is 16.5. The van der Waals surface area contributed by atoms with Gasteiger partial charge < -0.3 is 20.5 Å². The second-order valence-electron chi connectivity index (χ2n) is 6.08. The molecule has 0 aromatic heterocycles. The Morgan fingerprint density at radius 3 is 2.82 bits per heavy atom. The fourth-order valence-corrected chi connectivity index (χ4v) is 3.30. The van der Waals surface area contributed by atoms with Crippen molar-refractivity contribution >= 4 is 5.91 Å². The molecule has 22 heavy (non-hydrogen) atoms. The van der Waals surface area contributed by atoms with Crippen LogP contribution in [0, 0.1) is 11.8 Å². The Morgan fingerprint density at radius 2 is 2.00 bits per heavy atom. The summed E-state index contributed by atoms with van der Waals surface area (Å²) in [4.78, 5) is 12.3. The topological polar surface area (TPSA) is 73.6 Å². The van der Waals surface area contributed by atoms with Crippen molar-refractivity contribution in [3.05, 3.63) is 23.8 Å². The first kappa shape index (κ1) is 15.2. The Hall–Kier alpha value is -1.75. The minimum Gasteiger partial charge on any atom is -0.490 e. The predicted octanol–water partition coefficient (Wildman–Crippen LogP) is 1.84. The molecule has 0 radical (unpaired) electrons. The number of hydrogen-bond acceptors (Lipinski definition) is 4. The summed E-state index contributed by atoms with van der Waals surface area (Å²) in [6.07, 6.45) is 4.01. The Morgan fingerprint density at radius 1 is 1.18 bits per heavy atom. The molecule has 1 saturated carbocycles. The quantitative estimate of drug-likeness (QED) is 0.890. The summed E-state index contributed by atoms with van der Waals surface area (Å²) in [6.45, 7) is 2.47. The van der Waals surface area contributed by atoms with Gasteiger partial charge in [0.25, 0.3) is 0 Å². The molecule has 1 fully saturated rings. The third-order valence-corrected chi connectivity index (χ3v) is 4.58. The minimum absolute atomic E-state index is 0.0745. The second kappa shape index (κ2) is 7.01. The highest BCUT2D eigenvalue weighted by molar-refractivity contribution is 5.79. The molecule has 1 amide bonds. The van der Waals surface area contributed by atoms with Crippen LogP contribution < -0.4 is 20.5 Å². The van der Waals surface area contributed by atoms with Crippen molar-refractivity contribution in [3.8, 4) is 11.5 Å². The molecule has 1 aromatic rings. The smallest absolute Gasteiger partial charge is 0.223 e. The Bertz CT molecular complexity index is 533. The zero-order valence-electron chi connectivity index (χ0n) is 12.8. The van der Waals surface area contributed by atoms with Crippen molar-refractivity contribution in [2.45, 2.75) is 32.2 Å². The summed E-state index contributed by atoms with van der Waals surface area (Å²) in [6, 6.07) is 5.85. The number of rotatable bonds is 4. The van der Waals surface area contributed by atoms with Crippen LogP contribution >= 0.6 is 0 Å². The number of amides is 1. The van der Waals surface area contributed by atoms with Crippen molar-refractivity contribution < 1.29 is 14.3 Å². The first-order valence-corrected chi connectivity index (χ1v) is 8.14. The van der Waals surface area contributed by atoms with E-state index in [9.17, 15) is 4.79 Å². The van der Waals surface area contributed by atoms with E-state index in [1.165, 1.54) is 0 Å². The molecule has 1 heterocycles. The molecule has 5 nitrogen and oxygen atoms in total. The molecule has 2 aliphatic rings. The standard InChI is InChI=1S/C17H24N2O3/c18-10-13-3-1-4-14(13)17(20)19-11-12-5-6-15-16(9-12)22-8-2-7-21-15/h5-6,9,13-14H,1-4,7-8,10-11,18H2,(H,19,20)/t13-,14-/m1/s1. The summed E-state index contributed by atoms with van der Waals surface area (Å²) in [5.41, 5.74) is 6.78. The lowest BCUT2D eigenvalue weighted by Gasteiger charge is -2.17. The van der Waals surface area contributed by atoms with Crippen LogP contribution in [-0.2, 0) is 11.3 Å². The molecular weight excluding hydrogens is 280 g/mol. The van der Waals surface area contributed by atoms with E-state index in [2.05, 4.69) is 5.32 Å². The van der Waals surface area contributed by atoms with Crippen LogP contribution in [0.2, 0.25) is 0 Å².